The van der Waals surface area contributed by atoms with Crippen LogP contribution in [0.3, 0.4) is 0 Å². The fraction of sp³-hybridized carbons (Fsp3) is 0.231. The minimum atomic E-state index is -0.516. The van der Waals surface area contributed by atoms with E-state index in [1.807, 2.05) is 0 Å². The van der Waals surface area contributed by atoms with E-state index in [0.717, 1.165) is 4.47 Å². The summed E-state index contributed by atoms with van der Waals surface area (Å²) in [5.41, 5.74) is 0.582. The van der Waals surface area contributed by atoms with Crippen molar-refractivity contribution < 1.29 is 9.59 Å². The Bertz CT molecular complexity index is 519. The van der Waals surface area contributed by atoms with Crippen LogP contribution in [0.5, 0.6) is 0 Å². The van der Waals surface area contributed by atoms with Crippen LogP contribution in [-0.2, 0) is 9.59 Å². The number of nitrogens with one attached hydrogen (secondary N) is 1. The van der Waals surface area contributed by atoms with Crippen LogP contribution in [0.1, 0.15) is 6.42 Å². The molecule has 4 nitrogen and oxygen atoms in total. The lowest BCUT2D eigenvalue weighted by molar-refractivity contribution is -0.121. The molecule has 1 heterocycles. The molecule has 1 N–H and O–H groups in total. The molecule has 2 amide bonds. The van der Waals surface area contributed by atoms with Gasteiger partial charge in [-0.25, -0.2) is 4.90 Å². The Kier molecular flexibility index (Phi) is 3.80. The number of hydrogen-bond acceptors (Lipinski definition) is 3. The van der Waals surface area contributed by atoms with E-state index in [1.165, 1.54) is 4.90 Å². The van der Waals surface area contributed by atoms with Gasteiger partial charge >= 0.3 is 0 Å². The van der Waals surface area contributed by atoms with Crippen LogP contribution in [0.2, 0.25) is 0 Å². The molecule has 1 saturated heterocycles. The van der Waals surface area contributed by atoms with Gasteiger partial charge in [0.2, 0.25) is 5.91 Å². The van der Waals surface area contributed by atoms with Crippen LogP contribution in [0, 0.1) is 12.3 Å². The second-order valence-electron chi connectivity index (χ2n) is 3.89. The molecule has 0 aliphatic carbocycles. The topological polar surface area (TPSA) is 49.4 Å². The number of anilines is 1. The lowest BCUT2D eigenvalue weighted by Gasteiger charge is -2.15. The molecule has 1 aromatic carbocycles. The molecule has 0 radical (unpaired) electrons. The second-order valence-corrected chi connectivity index (χ2v) is 4.80. The number of nitrogens with zero attached hydrogens (tertiary/aromatic N) is 1. The number of carbonyl (C=O) groups is 2. The molecule has 1 aliphatic heterocycles. The van der Waals surface area contributed by atoms with Gasteiger partial charge in [-0.3, -0.25) is 14.9 Å². The fourth-order valence-electron chi connectivity index (χ4n) is 1.83. The van der Waals surface area contributed by atoms with Crippen molar-refractivity contribution in [3.8, 4) is 12.3 Å². The van der Waals surface area contributed by atoms with Crippen LogP contribution in [-0.4, -0.2) is 24.4 Å². The van der Waals surface area contributed by atoms with Crippen molar-refractivity contribution >= 4 is 33.4 Å². The number of benzene rings is 1. The molecule has 1 unspecified atom stereocenters. The van der Waals surface area contributed by atoms with Gasteiger partial charge in [-0.2, -0.15) is 0 Å². The van der Waals surface area contributed by atoms with Crippen LogP contribution < -0.4 is 10.2 Å². The molecule has 5 heteroatoms. The zero-order valence-corrected chi connectivity index (χ0v) is 11.1. The lowest BCUT2D eigenvalue weighted by Crippen LogP contribution is -2.38. The summed E-state index contributed by atoms with van der Waals surface area (Å²) >= 11 is 3.31. The molecule has 0 bridgehead atoms. The van der Waals surface area contributed by atoms with E-state index in [4.69, 9.17) is 6.42 Å². The van der Waals surface area contributed by atoms with Crippen molar-refractivity contribution in [3.05, 3.63) is 28.7 Å². The van der Waals surface area contributed by atoms with Gasteiger partial charge in [-0.15, -0.1) is 6.42 Å². The molecule has 1 aliphatic rings. The monoisotopic (exact) mass is 306 g/mol. The molecule has 1 atom stereocenters. The quantitative estimate of drug-likeness (QED) is 0.676. The summed E-state index contributed by atoms with van der Waals surface area (Å²) in [5, 5.41) is 2.87. The Labute approximate surface area is 113 Å². The van der Waals surface area contributed by atoms with Gasteiger partial charge in [0.15, 0.2) is 0 Å². The van der Waals surface area contributed by atoms with Crippen molar-refractivity contribution in [1.82, 2.24) is 5.32 Å². The molecule has 0 saturated carbocycles. The standard InChI is InChI=1S/C13H11BrN2O2/c1-2-7-15-11-8-12(17)16(13(11)18)10-5-3-9(14)4-6-10/h1,3-6,11,15H,7-8H2. The average Bonchev–Trinajstić information content (AvgIpc) is 2.63. The highest BCUT2D eigenvalue weighted by molar-refractivity contribution is 9.10. The van der Waals surface area contributed by atoms with Gasteiger partial charge in [0, 0.05) is 4.47 Å². The summed E-state index contributed by atoms with van der Waals surface area (Å²) in [6.07, 6.45) is 5.27. The molecule has 1 fully saturated rings. The smallest absolute Gasteiger partial charge is 0.251 e. The third kappa shape index (κ3) is 2.45. The SMILES string of the molecule is C#CCNC1CC(=O)N(c2ccc(Br)cc2)C1=O. The predicted molar refractivity (Wildman–Crippen MR) is 71.9 cm³/mol. The number of amides is 2. The first kappa shape index (κ1) is 12.8. The molecule has 0 spiro atoms. The van der Waals surface area contributed by atoms with E-state index in [2.05, 4.69) is 27.2 Å². The normalized spacial score (nSPS) is 19.1. The fourth-order valence-corrected chi connectivity index (χ4v) is 2.10. The lowest BCUT2D eigenvalue weighted by atomic mass is 10.2. The summed E-state index contributed by atoms with van der Waals surface area (Å²) in [5.74, 6) is 1.93. The number of terminal acetylenes is 1. The largest absolute Gasteiger partial charge is 0.295 e. The summed E-state index contributed by atoms with van der Waals surface area (Å²) in [4.78, 5) is 25.1. The maximum atomic E-state index is 12.1. The van der Waals surface area contributed by atoms with Gasteiger partial charge in [0.25, 0.3) is 5.91 Å². The van der Waals surface area contributed by atoms with Crippen LogP contribution >= 0.6 is 15.9 Å². The number of carbonyl (C=O) groups excluding carboxylic acids is 2. The number of halogens is 1. The van der Waals surface area contributed by atoms with Gasteiger partial charge in [-0.1, -0.05) is 21.9 Å². The van der Waals surface area contributed by atoms with Crippen molar-refractivity contribution in [2.75, 3.05) is 11.4 Å². The highest BCUT2D eigenvalue weighted by atomic mass is 79.9. The van der Waals surface area contributed by atoms with E-state index in [9.17, 15) is 9.59 Å². The average molecular weight is 307 g/mol. The van der Waals surface area contributed by atoms with E-state index in [-0.39, 0.29) is 24.8 Å². The van der Waals surface area contributed by atoms with Crippen molar-refractivity contribution in [2.24, 2.45) is 0 Å². The molecule has 0 aromatic heterocycles. The third-order valence-electron chi connectivity index (χ3n) is 2.68. The summed E-state index contributed by atoms with van der Waals surface area (Å²) in [6.45, 7) is 0.276. The summed E-state index contributed by atoms with van der Waals surface area (Å²) < 4.78 is 0.896. The molecular weight excluding hydrogens is 296 g/mol. The Balaban J connectivity index is 2.19. The van der Waals surface area contributed by atoms with E-state index in [0.29, 0.717) is 5.69 Å². The zero-order valence-electron chi connectivity index (χ0n) is 9.52. The maximum Gasteiger partial charge on any atom is 0.251 e. The Morgan fingerprint density at radius 1 is 1.39 bits per heavy atom. The maximum absolute atomic E-state index is 12.1. The minimum absolute atomic E-state index is 0.149. The highest BCUT2D eigenvalue weighted by Gasteiger charge is 2.38. The Morgan fingerprint density at radius 2 is 2.06 bits per heavy atom. The van der Waals surface area contributed by atoms with Gasteiger partial charge < -0.3 is 0 Å². The Morgan fingerprint density at radius 3 is 2.67 bits per heavy atom. The zero-order chi connectivity index (χ0) is 13.1. The number of hydrogen-bond donors (Lipinski definition) is 1. The van der Waals surface area contributed by atoms with Crippen molar-refractivity contribution in [1.29, 1.82) is 0 Å². The molecule has 1 aromatic rings. The van der Waals surface area contributed by atoms with Gasteiger partial charge in [-0.05, 0) is 24.3 Å². The van der Waals surface area contributed by atoms with Crippen LogP contribution in [0.4, 0.5) is 5.69 Å². The van der Waals surface area contributed by atoms with Crippen LogP contribution in [0.15, 0.2) is 28.7 Å². The minimum Gasteiger partial charge on any atom is -0.295 e. The van der Waals surface area contributed by atoms with E-state index < -0.39 is 6.04 Å². The molecular formula is C13H11BrN2O2. The third-order valence-corrected chi connectivity index (χ3v) is 3.21. The molecule has 18 heavy (non-hydrogen) atoms. The summed E-state index contributed by atoms with van der Waals surface area (Å²) in [7, 11) is 0. The first-order chi connectivity index (χ1) is 8.63. The predicted octanol–water partition coefficient (Wildman–Crippen LogP) is 1.30. The Hall–Kier alpha value is -1.64. The molecule has 92 valence electrons. The first-order valence-corrected chi connectivity index (χ1v) is 6.22. The highest BCUT2D eigenvalue weighted by Crippen LogP contribution is 2.24. The number of rotatable bonds is 3. The first-order valence-electron chi connectivity index (χ1n) is 5.42. The van der Waals surface area contributed by atoms with E-state index in [1.54, 1.807) is 24.3 Å². The van der Waals surface area contributed by atoms with Crippen LogP contribution in [0.25, 0.3) is 0 Å². The summed E-state index contributed by atoms with van der Waals surface area (Å²) in [6, 6.07) is 6.51. The second kappa shape index (κ2) is 5.34. The number of imide groups is 1. The molecule has 2 rings (SSSR count). The van der Waals surface area contributed by atoms with Gasteiger partial charge in [0.05, 0.1) is 24.7 Å². The van der Waals surface area contributed by atoms with E-state index >= 15 is 0 Å². The van der Waals surface area contributed by atoms with Gasteiger partial charge in [0.1, 0.15) is 0 Å². The van der Waals surface area contributed by atoms with Crippen molar-refractivity contribution in [2.45, 2.75) is 12.5 Å². The van der Waals surface area contributed by atoms with Crippen molar-refractivity contribution in [3.63, 3.8) is 0 Å².